The molecule has 0 aliphatic carbocycles. The molecule has 2 heterocycles. The van der Waals surface area contributed by atoms with Crippen molar-refractivity contribution in [2.75, 3.05) is 13.4 Å². The Morgan fingerprint density at radius 1 is 1.21 bits per heavy atom. The normalized spacial score (nSPS) is 12.3. The number of aryl methyl sites for hydroxylation is 1. The molecule has 0 amide bonds. The topological polar surface area (TPSA) is 36.3 Å². The molecule has 24 heavy (non-hydrogen) atoms. The van der Waals surface area contributed by atoms with Crippen molar-refractivity contribution in [3.63, 3.8) is 0 Å². The summed E-state index contributed by atoms with van der Waals surface area (Å²) in [5.41, 5.74) is 4.20. The lowest BCUT2D eigenvalue weighted by atomic mass is 10.1. The lowest BCUT2D eigenvalue weighted by molar-refractivity contribution is 0.279. The molecule has 4 rings (SSSR count). The number of hydrogen-bond donors (Lipinski definition) is 0. The average molecular weight is 338 g/mol. The first kappa shape index (κ1) is 15.1. The molecule has 0 radical (unpaired) electrons. The number of hydrogen-bond acceptors (Lipinski definition) is 4. The van der Waals surface area contributed by atoms with Crippen LogP contribution in [0.4, 0.5) is 0 Å². The van der Waals surface area contributed by atoms with E-state index in [0.29, 0.717) is 6.61 Å². The van der Waals surface area contributed by atoms with Gasteiger partial charge in [0.25, 0.3) is 0 Å². The van der Waals surface area contributed by atoms with E-state index < -0.39 is 0 Å². The van der Waals surface area contributed by atoms with Gasteiger partial charge >= 0.3 is 0 Å². The predicted octanol–water partition coefficient (Wildman–Crippen LogP) is 4.47. The molecule has 122 valence electrons. The van der Waals surface area contributed by atoms with Gasteiger partial charge in [0.2, 0.25) is 0 Å². The number of imidazole rings is 1. The molecular weight excluding hydrogens is 320 g/mol. The number of benzene rings is 2. The minimum Gasteiger partial charge on any atom is -0.497 e. The number of aromatic nitrogens is 2. The van der Waals surface area contributed by atoms with Crippen molar-refractivity contribution in [1.29, 1.82) is 0 Å². The van der Waals surface area contributed by atoms with Crippen LogP contribution in [0.2, 0.25) is 0 Å². The maximum Gasteiger partial charge on any atom is 0.152 e. The summed E-state index contributed by atoms with van der Waals surface area (Å²) >= 11 is 1.71. The van der Waals surface area contributed by atoms with Crippen LogP contribution in [-0.2, 0) is 6.61 Å². The summed E-state index contributed by atoms with van der Waals surface area (Å²) in [6.45, 7) is 2.52. The number of rotatable bonds is 3. The molecule has 0 unspecified atom stereocenters. The lowest BCUT2D eigenvalue weighted by Crippen LogP contribution is -2.14. The Morgan fingerprint density at radius 3 is 2.88 bits per heavy atom. The summed E-state index contributed by atoms with van der Waals surface area (Å²) in [5.74, 6) is 2.66. The summed E-state index contributed by atoms with van der Waals surface area (Å²) in [6, 6.07) is 14.4. The van der Waals surface area contributed by atoms with E-state index in [2.05, 4.69) is 35.1 Å². The highest BCUT2D eigenvalue weighted by Gasteiger charge is 2.24. The van der Waals surface area contributed by atoms with Crippen molar-refractivity contribution in [3.8, 4) is 28.4 Å². The van der Waals surface area contributed by atoms with Crippen LogP contribution in [0.25, 0.3) is 16.9 Å². The van der Waals surface area contributed by atoms with Crippen molar-refractivity contribution in [3.05, 3.63) is 54.0 Å². The first-order valence-corrected chi connectivity index (χ1v) is 8.97. The van der Waals surface area contributed by atoms with Gasteiger partial charge in [0.15, 0.2) is 5.82 Å². The van der Waals surface area contributed by atoms with E-state index >= 15 is 0 Å². The molecule has 3 aromatic rings. The van der Waals surface area contributed by atoms with Gasteiger partial charge in [0.05, 0.1) is 24.2 Å². The highest BCUT2D eigenvalue weighted by molar-refractivity contribution is 7.98. The van der Waals surface area contributed by atoms with Gasteiger partial charge in [-0.1, -0.05) is 12.1 Å². The molecule has 0 saturated heterocycles. The molecule has 0 N–H and O–H groups in total. The van der Waals surface area contributed by atoms with E-state index in [1.54, 1.807) is 18.9 Å². The van der Waals surface area contributed by atoms with Crippen molar-refractivity contribution in [1.82, 2.24) is 9.55 Å². The highest BCUT2D eigenvalue weighted by atomic mass is 32.2. The van der Waals surface area contributed by atoms with E-state index in [9.17, 15) is 0 Å². The highest BCUT2D eigenvalue weighted by Crippen LogP contribution is 2.38. The minimum atomic E-state index is 0.482. The fourth-order valence-electron chi connectivity index (χ4n) is 3.12. The Balaban J connectivity index is 1.93. The molecule has 1 aliphatic rings. The van der Waals surface area contributed by atoms with Crippen LogP contribution in [-0.4, -0.2) is 22.9 Å². The third kappa shape index (κ3) is 2.36. The SMILES string of the molecule is COc1cccc(-c2c(C)nc3n2-c2ccc(SC)cc2OC3)c1. The number of thioether (sulfide) groups is 1. The summed E-state index contributed by atoms with van der Waals surface area (Å²) in [6.07, 6.45) is 2.07. The molecule has 0 spiro atoms. The van der Waals surface area contributed by atoms with Gasteiger partial charge in [-0.05, 0) is 43.5 Å². The largest absolute Gasteiger partial charge is 0.497 e. The number of ether oxygens (including phenoxy) is 2. The van der Waals surface area contributed by atoms with E-state index in [1.807, 2.05) is 25.1 Å². The smallest absolute Gasteiger partial charge is 0.152 e. The average Bonchev–Trinajstić information content (AvgIpc) is 2.97. The zero-order valence-corrected chi connectivity index (χ0v) is 14.7. The Hall–Kier alpha value is -2.40. The number of nitrogens with zero attached hydrogens (tertiary/aromatic N) is 2. The van der Waals surface area contributed by atoms with Crippen LogP contribution in [0.5, 0.6) is 11.5 Å². The molecule has 4 nitrogen and oxygen atoms in total. The van der Waals surface area contributed by atoms with Gasteiger partial charge in [-0.3, -0.25) is 4.57 Å². The van der Waals surface area contributed by atoms with E-state index in [0.717, 1.165) is 40.0 Å². The van der Waals surface area contributed by atoms with Crippen LogP contribution in [0.3, 0.4) is 0 Å². The molecule has 1 aromatic heterocycles. The second-order valence-corrected chi connectivity index (χ2v) is 6.53. The fraction of sp³-hybridized carbons (Fsp3) is 0.211. The summed E-state index contributed by atoms with van der Waals surface area (Å²) < 4.78 is 13.5. The van der Waals surface area contributed by atoms with Gasteiger partial charge < -0.3 is 9.47 Å². The van der Waals surface area contributed by atoms with E-state index in [4.69, 9.17) is 14.5 Å². The molecule has 5 heteroatoms. The predicted molar refractivity (Wildman–Crippen MR) is 96.4 cm³/mol. The summed E-state index contributed by atoms with van der Waals surface area (Å²) in [4.78, 5) is 5.91. The molecule has 1 aliphatic heterocycles. The summed E-state index contributed by atoms with van der Waals surface area (Å²) in [7, 11) is 1.69. The Kier molecular flexibility index (Phi) is 3.73. The Bertz CT molecular complexity index is 918. The quantitative estimate of drug-likeness (QED) is 0.660. The van der Waals surface area contributed by atoms with E-state index in [1.165, 1.54) is 4.90 Å². The third-order valence-electron chi connectivity index (χ3n) is 4.23. The monoisotopic (exact) mass is 338 g/mol. The van der Waals surface area contributed by atoms with Crippen LogP contribution in [0, 0.1) is 6.92 Å². The molecule has 0 bridgehead atoms. The standard InChI is InChI=1S/C19H18N2O2S/c1-12-19(13-5-4-6-14(9-13)22-2)21-16-8-7-15(24-3)10-17(16)23-11-18(21)20-12/h4-10H,11H2,1-3H3. The Morgan fingerprint density at radius 2 is 2.08 bits per heavy atom. The van der Waals surface area contributed by atoms with Gasteiger partial charge in [0.1, 0.15) is 18.1 Å². The molecular formula is C19H18N2O2S. The van der Waals surface area contributed by atoms with Crippen molar-refractivity contribution in [2.24, 2.45) is 0 Å². The van der Waals surface area contributed by atoms with Crippen molar-refractivity contribution in [2.45, 2.75) is 18.4 Å². The number of methoxy groups -OCH3 is 1. The summed E-state index contributed by atoms with van der Waals surface area (Å²) in [5, 5.41) is 0. The van der Waals surface area contributed by atoms with Gasteiger partial charge in [-0.15, -0.1) is 11.8 Å². The lowest BCUT2D eigenvalue weighted by Gasteiger charge is -2.22. The molecule has 0 atom stereocenters. The Labute approximate surface area is 145 Å². The fourth-order valence-corrected chi connectivity index (χ4v) is 3.55. The third-order valence-corrected chi connectivity index (χ3v) is 4.95. The zero-order chi connectivity index (χ0) is 16.7. The molecule has 0 fully saturated rings. The van der Waals surface area contributed by atoms with E-state index in [-0.39, 0.29) is 0 Å². The zero-order valence-electron chi connectivity index (χ0n) is 13.9. The van der Waals surface area contributed by atoms with Crippen molar-refractivity contribution < 1.29 is 9.47 Å². The minimum absolute atomic E-state index is 0.482. The van der Waals surface area contributed by atoms with Gasteiger partial charge in [-0.2, -0.15) is 0 Å². The first-order chi connectivity index (χ1) is 11.7. The number of fused-ring (bicyclic) bond motifs is 3. The maximum atomic E-state index is 5.92. The van der Waals surface area contributed by atoms with Gasteiger partial charge in [0, 0.05) is 10.5 Å². The van der Waals surface area contributed by atoms with Crippen LogP contribution < -0.4 is 9.47 Å². The molecule has 0 saturated carbocycles. The first-order valence-electron chi connectivity index (χ1n) is 7.75. The maximum absolute atomic E-state index is 5.92. The van der Waals surface area contributed by atoms with Crippen molar-refractivity contribution >= 4 is 11.8 Å². The van der Waals surface area contributed by atoms with Crippen LogP contribution in [0.15, 0.2) is 47.4 Å². The van der Waals surface area contributed by atoms with Gasteiger partial charge in [-0.25, -0.2) is 4.98 Å². The van der Waals surface area contributed by atoms with Crippen LogP contribution >= 0.6 is 11.8 Å². The van der Waals surface area contributed by atoms with Crippen LogP contribution in [0.1, 0.15) is 11.5 Å². The second kappa shape index (κ2) is 5.91. The second-order valence-electron chi connectivity index (χ2n) is 5.65. The molecule has 2 aromatic carbocycles.